The van der Waals surface area contributed by atoms with E-state index in [2.05, 4.69) is 20.9 Å². The zero-order valence-electron chi connectivity index (χ0n) is 15.4. The zero-order chi connectivity index (χ0) is 21.3. The number of fused-ring (bicyclic) bond motifs is 1. The second-order valence-electron chi connectivity index (χ2n) is 6.53. The van der Waals surface area contributed by atoms with Crippen LogP contribution in [-0.4, -0.2) is 9.55 Å². The van der Waals surface area contributed by atoms with Crippen molar-refractivity contribution in [2.45, 2.75) is 6.18 Å². The number of alkyl halides is 3. The number of aromatic nitrogens is 2. The number of benzene rings is 3. The summed E-state index contributed by atoms with van der Waals surface area (Å²) in [4.78, 5) is 17.7. The highest BCUT2D eigenvalue weighted by atomic mass is 79.9. The van der Waals surface area contributed by atoms with Gasteiger partial charge in [-0.05, 0) is 48.0 Å². The third-order valence-corrected chi connectivity index (χ3v) is 5.27. The first kappa shape index (κ1) is 20.1. The van der Waals surface area contributed by atoms with Crippen molar-refractivity contribution < 1.29 is 13.2 Å². The number of para-hydroxylation sites is 1. The van der Waals surface area contributed by atoms with Gasteiger partial charge >= 0.3 is 6.18 Å². The number of rotatable bonds is 3. The van der Waals surface area contributed by atoms with Crippen molar-refractivity contribution in [3.8, 4) is 5.69 Å². The number of nitrogens with zero attached hydrogens (tertiary/aromatic N) is 2. The lowest BCUT2D eigenvalue weighted by Gasteiger charge is -2.14. The van der Waals surface area contributed by atoms with Crippen molar-refractivity contribution in [3.05, 3.63) is 105 Å². The third kappa shape index (κ3) is 3.93. The van der Waals surface area contributed by atoms with Gasteiger partial charge in [0.2, 0.25) is 0 Å². The summed E-state index contributed by atoms with van der Waals surface area (Å²) in [6, 6.07) is 18.9. The monoisotopic (exact) mass is 470 g/mol. The third-order valence-electron chi connectivity index (χ3n) is 4.55. The molecule has 3 aromatic carbocycles. The Morgan fingerprint density at radius 1 is 0.900 bits per heavy atom. The Labute approximate surface area is 178 Å². The van der Waals surface area contributed by atoms with Crippen molar-refractivity contribution in [3.63, 3.8) is 0 Å². The SMILES string of the molecule is O=c1c2ccccc2nc(/C=C\c2ccccc2Br)n1-c1cccc(C(F)(F)F)c1. The molecule has 0 N–H and O–H groups in total. The van der Waals surface area contributed by atoms with Gasteiger partial charge < -0.3 is 0 Å². The molecule has 1 heterocycles. The fourth-order valence-electron chi connectivity index (χ4n) is 3.11. The fraction of sp³-hybridized carbons (Fsp3) is 0.0435. The summed E-state index contributed by atoms with van der Waals surface area (Å²) in [5.41, 5.74) is 0.139. The molecular formula is C23H14BrF3N2O. The summed E-state index contributed by atoms with van der Waals surface area (Å²) in [7, 11) is 0. The molecule has 0 amide bonds. The van der Waals surface area contributed by atoms with E-state index in [0.29, 0.717) is 10.9 Å². The van der Waals surface area contributed by atoms with Gasteiger partial charge in [-0.2, -0.15) is 13.2 Å². The second-order valence-corrected chi connectivity index (χ2v) is 7.38. The molecule has 0 saturated heterocycles. The van der Waals surface area contributed by atoms with Crippen molar-refractivity contribution in [2.75, 3.05) is 0 Å². The summed E-state index contributed by atoms with van der Waals surface area (Å²) >= 11 is 3.45. The minimum absolute atomic E-state index is 0.0971. The Balaban J connectivity index is 1.96. The van der Waals surface area contributed by atoms with Crippen LogP contribution in [0.3, 0.4) is 0 Å². The standard InChI is InChI=1S/C23H14BrF3N2O/c24-19-10-3-1-6-15(19)12-13-21-28-20-11-4-2-9-18(20)22(30)29(21)17-8-5-7-16(14-17)23(25,26)27/h1-14H/b13-12-. The quantitative estimate of drug-likeness (QED) is 0.350. The van der Waals surface area contributed by atoms with Crippen LogP contribution in [0.2, 0.25) is 0 Å². The smallest absolute Gasteiger partial charge is 0.268 e. The molecule has 0 aliphatic rings. The van der Waals surface area contributed by atoms with Gasteiger partial charge in [-0.3, -0.25) is 9.36 Å². The molecule has 150 valence electrons. The maximum Gasteiger partial charge on any atom is 0.416 e. The van der Waals surface area contributed by atoms with Gasteiger partial charge in [0.05, 0.1) is 22.2 Å². The molecular weight excluding hydrogens is 457 g/mol. The summed E-state index contributed by atoms with van der Waals surface area (Å²) in [5.74, 6) is 0.230. The molecule has 30 heavy (non-hydrogen) atoms. The molecule has 4 aromatic rings. The lowest BCUT2D eigenvalue weighted by molar-refractivity contribution is -0.137. The van der Waals surface area contributed by atoms with Crippen LogP contribution in [0.25, 0.3) is 28.7 Å². The molecule has 0 unspecified atom stereocenters. The lowest BCUT2D eigenvalue weighted by Crippen LogP contribution is -2.22. The zero-order valence-corrected chi connectivity index (χ0v) is 17.0. The van der Waals surface area contributed by atoms with Crippen molar-refractivity contribution >= 4 is 39.0 Å². The van der Waals surface area contributed by atoms with E-state index in [0.717, 1.165) is 22.2 Å². The summed E-state index contributed by atoms with van der Waals surface area (Å²) < 4.78 is 41.7. The molecule has 0 saturated carbocycles. The first-order valence-corrected chi connectivity index (χ1v) is 9.76. The van der Waals surface area contributed by atoms with E-state index in [1.54, 1.807) is 36.4 Å². The predicted octanol–water partition coefficient (Wildman–Crippen LogP) is 6.34. The Bertz CT molecular complexity index is 1330. The van der Waals surface area contributed by atoms with Gasteiger partial charge in [-0.25, -0.2) is 4.98 Å². The Morgan fingerprint density at radius 2 is 1.63 bits per heavy atom. The van der Waals surface area contributed by atoms with E-state index in [1.165, 1.54) is 16.7 Å². The van der Waals surface area contributed by atoms with Crippen LogP contribution < -0.4 is 5.56 Å². The average Bonchev–Trinajstić information content (AvgIpc) is 2.73. The van der Waals surface area contributed by atoms with Crippen molar-refractivity contribution in [1.82, 2.24) is 9.55 Å². The predicted molar refractivity (Wildman–Crippen MR) is 115 cm³/mol. The molecule has 0 aliphatic carbocycles. The summed E-state index contributed by atoms with van der Waals surface area (Å²) in [5, 5.41) is 0.327. The molecule has 4 rings (SSSR count). The van der Waals surface area contributed by atoms with Crippen LogP contribution in [0, 0.1) is 0 Å². The first-order valence-electron chi connectivity index (χ1n) is 8.96. The van der Waals surface area contributed by atoms with Crippen LogP contribution in [0.4, 0.5) is 13.2 Å². The molecule has 0 radical (unpaired) electrons. The minimum atomic E-state index is -4.52. The number of hydrogen-bond acceptors (Lipinski definition) is 2. The minimum Gasteiger partial charge on any atom is -0.268 e. The van der Waals surface area contributed by atoms with Crippen molar-refractivity contribution in [1.29, 1.82) is 0 Å². The van der Waals surface area contributed by atoms with Crippen LogP contribution in [0.15, 0.2) is 82.1 Å². The topological polar surface area (TPSA) is 34.9 Å². The fourth-order valence-corrected chi connectivity index (χ4v) is 3.52. The van der Waals surface area contributed by atoms with Crippen LogP contribution in [-0.2, 0) is 6.18 Å². The largest absolute Gasteiger partial charge is 0.416 e. The van der Waals surface area contributed by atoms with Crippen LogP contribution in [0.1, 0.15) is 17.0 Å². The first-order chi connectivity index (χ1) is 14.3. The molecule has 0 atom stereocenters. The molecule has 3 nitrogen and oxygen atoms in total. The number of halogens is 4. The molecule has 0 aliphatic heterocycles. The maximum atomic E-state index is 13.2. The van der Waals surface area contributed by atoms with E-state index >= 15 is 0 Å². The number of hydrogen-bond donors (Lipinski definition) is 0. The normalized spacial score (nSPS) is 12.0. The Morgan fingerprint density at radius 3 is 2.40 bits per heavy atom. The second kappa shape index (κ2) is 7.91. The molecule has 0 bridgehead atoms. The molecule has 1 aromatic heterocycles. The maximum absolute atomic E-state index is 13.2. The lowest BCUT2D eigenvalue weighted by atomic mass is 10.1. The molecule has 7 heteroatoms. The van der Waals surface area contributed by atoms with Crippen LogP contribution >= 0.6 is 15.9 Å². The van der Waals surface area contributed by atoms with E-state index < -0.39 is 17.3 Å². The van der Waals surface area contributed by atoms with Gasteiger partial charge in [-0.15, -0.1) is 0 Å². The Kier molecular flexibility index (Phi) is 5.30. The highest BCUT2D eigenvalue weighted by Crippen LogP contribution is 2.30. The van der Waals surface area contributed by atoms with E-state index in [4.69, 9.17) is 0 Å². The van der Waals surface area contributed by atoms with Gasteiger partial charge in [-0.1, -0.05) is 58.4 Å². The summed E-state index contributed by atoms with van der Waals surface area (Å²) in [6.45, 7) is 0. The average molecular weight is 471 g/mol. The summed E-state index contributed by atoms with van der Waals surface area (Å²) in [6.07, 6.45) is -1.15. The van der Waals surface area contributed by atoms with Crippen molar-refractivity contribution in [2.24, 2.45) is 0 Å². The molecule has 0 fully saturated rings. The van der Waals surface area contributed by atoms with Gasteiger partial charge in [0.15, 0.2) is 0 Å². The van der Waals surface area contributed by atoms with Crippen LogP contribution in [0.5, 0.6) is 0 Å². The van der Waals surface area contributed by atoms with E-state index in [-0.39, 0.29) is 11.5 Å². The van der Waals surface area contributed by atoms with Gasteiger partial charge in [0.25, 0.3) is 5.56 Å². The molecule has 0 spiro atoms. The highest BCUT2D eigenvalue weighted by molar-refractivity contribution is 9.10. The van der Waals surface area contributed by atoms with Gasteiger partial charge in [0.1, 0.15) is 5.82 Å². The van der Waals surface area contributed by atoms with E-state index in [9.17, 15) is 18.0 Å². The Hall–Kier alpha value is -3.19. The highest BCUT2D eigenvalue weighted by Gasteiger charge is 2.30. The van der Waals surface area contributed by atoms with E-state index in [1.807, 2.05) is 24.3 Å². The van der Waals surface area contributed by atoms with Gasteiger partial charge in [0, 0.05) is 4.47 Å².